The summed E-state index contributed by atoms with van der Waals surface area (Å²) >= 11 is 0. The second kappa shape index (κ2) is 12.1. The molecule has 160 valence electrons. The van der Waals surface area contributed by atoms with Gasteiger partial charge in [-0.2, -0.15) is 5.10 Å². The summed E-state index contributed by atoms with van der Waals surface area (Å²) in [4.78, 5) is 4.69. The third-order valence-corrected chi connectivity index (χ3v) is 4.20. The Bertz CT molecular complexity index is 927. The molecule has 3 rings (SSSR count). The first-order valence-electron chi connectivity index (χ1n) is 9.68. The minimum Gasteiger partial charge on any atom is -0.493 e. The molecule has 3 aromatic rings. The van der Waals surface area contributed by atoms with E-state index in [0.29, 0.717) is 24.9 Å². The predicted molar refractivity (Wildman–Crippen MR) is 132 cm³/mol. The van der Waals surface area contributed by atoms with Gasteiger partial charge in [-0.05, 0) is 49.7 Å². The Hall–Kier alpha value is -2.75. The lowest BCUT2D eigenvalue weighted by Gasteiger charge is -2.14. The molecule has 0 atom stereocenters. The summed E-state index contributed by atoms with van der Waals surface area (Å²) in [5, 5.41) is 10.8. The standard InChI is InChI=1S/C22H27N5O2.HI/c1-4-23-22(26-18-9-12-20(29-5-2)21(15-18)28-3)24-16-17-7-10-19(11-8-17)27-14-6-13-25-27;/h6-15H,4-5,16H2,1-3H3,(H2,23,24,26);1H. The van der Waals surface area contributed by atoms with Gasteiger partial charge in [0.25, 0.3) is 0 Å². The number of nitrogens with zero attached hydrogens (tertiary/aromatic N) is 3. The van der Waals surface area contributed by atoms with Crippen LogP contribution in [0.2, 0.25) is 0 Å². The number of methoxy groups -OCH3 is 1. The van der Waals surface area contributed by atoms with Crippen molar-refractivity contribution >= 4 is 35.6 Å². The van der Waals surface area contributed by atoms with Gasteiger partial charge in [0.1, 0.15) is 0 Å². The molecule has 1 heterocycles. The van der Waals surface area contributed by atoms with Crippen LogP contribution in [0, 0.1) is 0 Å². The van der Waals surface area contributed by atoms with Gasteiger partial charge in [0.2, 0.25) is 0 Å². The van der Waals surface area contributed by atoms with Crippen molar-refractivity contribution in [3.05, 3.63) is 66.5 Å². The molecule has 7 nitrogen and oxygen atoms in total. The maximum Gasteiger partial charge on any atom is 0.196 e. The highest BCUT2D eigenvalue weighted by atomic mass is 127. The van der Waals surface area contributed by atoms with Crippen molar-refractivity contribution in [1.29, 1.82) is 0 Å². The summed E-state index contributed by atoms with van der Waals surface area (Å²) in [5.74, 6) is 2.11. The monoisotopic (exact) mass is 521 g/mol. The van der Waals surface area contributed by atoms with Gasteiger partial charge in [0, 0.05) is 30.7 Å². The molecular formula is C22H28IN5O2. The molecule has 2 aromatic carbocycles. The molecule has 8 heteroatoms. The molecule has 0 aliphatic carbocycles. The number of hydrogen-bond donors (Lipinski definition) is 2. The number of hydrogen-bond acceptors (Lipinski definition) is 4. The molecule has 0 radical (unpaired) electrons. The minimum atomic E-state index is 0. The number of ether oxygens (including phenoxy) is 2. The van der Waals surface area contributed by atoms with Gasteiger partial charge < -0.3 is 20.1 Å². The highest BCUT2D eigenvalue weighted by molar-refractivity contribution is 14.0. The molecule has 2 N–H and O–H groups in total. The molecule has 0 bridgehead atoms. The lowest BCUT2D eigenvalue weighted by molar-refractivity contribution is 0.311. The Balaban J connectivity index is 0.00000320. The molecule has 0 saturated heterocycles. The zero-order valence-corrected chi connectivity index (χ0v) is 19.8. The van der Waals surface area contributed by atoms with E-state index in [4.69, 9.17) is 9.47 Å². The number of halogens is 1. The van der Waals surface area contributed by atoms with Gasteiger partial charge in [-0.15, -0.1) is 24.0 Å². The van der Waals surface area contributed by atoms with Crippen molar-refractivity contribution in [2.24, 2.45) is 4.99 Å². The van der Waals surface area contributed by atoms with E-state index in [0.717, 1.165) is 29.2 Å². The lowest BCUT2D eigenvalue weighted by atomic mass is 10.2. The van der Waals surface area contributed by atoms with Crippen LogP contribution in [0.5, 0.6) is 11.5 Å². The fourth-order valence-electron chi connectivity index (χ4n) is 2.81. The fourth-order valence-corrected chi connectivity index (χ4v) is 2.81. The van der Waals surface area contributed by atoms with Gasteiger partial charge in [0.05, 0.1) is 25.9 Å². The molecule has 0 aliphatic heterocycles. The Labute approximate surface area is 194 Å². The van der Waals surface area contributed by atoms with Crippen molar-refractivity contribution in [2.75, 3.05) is 25.6 Å². The van der Waals surface area contributed by atoms with Crippen LogP contribution in [0.25, 0.3) is 5.69 Å². The van der Waals surface area contributed by atoms with Crippen molar-refractivity contribution < 1.29 is 9.47 Å². The first kappa shape index (κ1) is 23.5. The molecule has 0 amide bonds. The zero-order chi connectivity index (χ0) is 20.5. The van der Waals surface area contributed by atoms with Crippen LogP contribution in [0.4, 0.5) is 5.69 Å². The number of aromatic nitrogens is 2. The van der Waals surface area contributed by atoms with Gasteiger partial charge in [-0.3, -0.25) is 0 Å². The summed E-state index contributed by atoms with van der Waals surface area (Å²) < 4.78 is 12.8. The zero-order valence-electron chi connectivity index (χ0n) is 17.5. The molecular weight excluding hydrogens is 493 g/mol. The molecule has 0 unspecified atom stereocenters. The Morgan fingerprint density at radius 1 is 1.10 bits per heavy atom. The van der Waals surface area contributed by atoms with Gasteiger partial charge in [-0.25, -0.2) is 9.67 Å². The maximum absolute atomic E-state index is 5.57. The highest BCUT2D eigenvalue weighted by Crippen LogP contribution is 2.30. The number of anilines is 1. The van der Waals surface area contributed by atoms with Crippen LogP contribution in [0.3, 0.4) is 0 Å². The van der Waals surface area contributed by atoms with E-state index in [1.165, 1.54) is 0 Å². The number of aliphatic imine (C=N–C) groups is 1. The molecule has 0 aliphatic rings. The first-order chi connectivity index (χ1) is 14.2. The van der Waals surface area contributed by atoms with Crippen LogP contribution >= 0.6 is 24.0 Å². The smallest absolute Gasteiger partial charge is 0.196 e. The number of benzene rings is 2. The van der Waals surface area contributed by atoms with E-state index in [2.05, 4.69) is 32.9 Å². The van der Waals surface area contributed by atoms with Crippen LogP contribution < -0.4 is 20.1 Å². The number of rotatable bonds is 8. The van der Waals surface area contributed by atoms with E-state index in [-0.39, 0.29) is 24.0 Å². The molecule has 30 heavy (non-hydrogen) atoms. The minimum absolute atomic E-state index is 0. The van der Waals surface area contributed by atoms with E-state index >= 15 is 0 Å². The van der Waals surface area contributed by atoms with E-state index in [1.54, 1.807) is 13.3 Å². The average molecular weight is 521 g/mol. The summed E-state index contributed by atoms with van der Waals surface area (Å²) in [6, 6.07) is 15.8. The predicted octanol–water partition coefficient (Wildman–Crippen LogP) is 4.48. The van der Waals surface area contributed by atoms with Crippen LogP contribution in [0.1, 0.15) is 19.4 Å². The SMILES string of the molecule is CCNC(=NCc1ccc(-n2cccn2)cc1)Nc1ccc(OCC)c(OC)c1.I. The van der Waals surface area contributed by atoms with Crippen molar-refractivity contribution in [3.63, 3.8) is 0 Å². The second-order valence-corrected chi connectivity index (χ2v) is 6.24. The van der Waals surface area contributed by atoms with Gasteiger partial charge in [0.15, 0.2) is 17.5 Å². The normalized spacial score (nSPS) is 10.8. The van der Waals surface area contributed by atoms with Crippen LogP contribution in [-0.4, -0.2) is 36.0 Å². The number of nitrogens with one attached hydrogen (secondary N) is 2. The summed E-state index contributed by atoms with van der Waals surface area (Å²) in [6.07, 6.45) is 3.69. The highest BCUT2D eigenvalue weighted by Gasteiger charge is 2.07. The van der Waals surface area contributed by atoms with E-state index < -0.39 is 0 Å². The first-order valence-corrected chi connectivity index (χ1v) is 9.68. The maximum atomic E-state index is 5.57. The van der Waals surface area contributed by atoms with Gasteiger partial charge >= 0.3 is 0 Å². The lowest BCUT2D eigenvalue weighted by Crippen LogP contribution is -2.30. The van der Waals surface area contributed by atoms with Crippen molar-refractivity contribution in [1.82, 2.24) is 15.1 Å². The Morgan fingerprint density at radius 2 is 1.90 bits per heavy atom. The Morgan fingerprint density at radius 3 is 2.53 bits per heavy atom. The summed E-state index contributed by atoms with van der Waals surface area (Å²) in [6.45, 7) is 5.89. The van der Waals surface area contributed by atoms with Crippen LogP contribution in [-0.2, 0) is 6.54 Å². The molecule has 0 saturated carbocycles. The second-order valence-electron chi connectivity index (χ2n) is 6.24. The summed E-state index contributed by atoms with van der Waals surface area (Å²) in [5.41, 5.74) is 3.01. The molecule has 0 spiro atoms. The average Bonchev–Trinajstić information content (AvgIpc) is 3.29. The topological polar surface area (TPSA) is 72.7 Å². The summed E-state index contributed by atoms with van der Waals surface area (Å²) in [7, 11) is 1.63. The van der Waals surface area contributed by atoms with E-state index in [9.17, 15) is 0 Å². The quantitative estimate of drug-likeness (QED) is 0.260. The van der Waals surface area contributed by atoms with Crippen LogP contribution in [0.15, 0.2) is 65.9 Å². The molecule has 1 aromatic heterocycles. The number of guanidine groups is 1. The van der Waals surface area contributed by atoms with Crippen molar-refractivity contribution in [3.8, 4) is 17.2 Å². The third-order valence-electron chi connectivity index (χ3n) is 4.20. The fraction of sp³-hybridized carbons (Fsp3) is 0.273. The Kier molecular flexibility index (Phi) is 9.46. The third kappa shape index (κ3) is 6.38. The van der Waals surface area contributed by atoms with Crippen molar-refractivity contribution in [2.45, 2.75) is 20.4 Å². The largest absolute Gasteiger partial charge is 0.493 e. The van der Waals surface area contributed by atoms with Gasteiger partial charge in [-0.1, -0.05) is 12.1 Å². The van der Waals surface area contributed by atoms with E-state index in [1.807, 2.05) is 61.1 Å². The molecule has 0 fully saturated rings.